The fourth-order valence-corrected chi connectivity index (χ4v) is 10.5. The molecule has 0 heterocycles. The van der Waals surface area contributed by atoms with Crippen molar-refractivity contribution >= 4 is 47.6 Å². The van der Waals surface area contributed by atoms with Crippen LogP contribution in [0.2, 0.25) is 0 Å². The van der Waals surface area contributed by atoms with Gasteiger partial charge >= 0.3 is 0 Å². The molecule has 0 amide bonds. The van der Waals surface area contributed by atoms with Crippen molar-refractivity contribution in [1.29, 1.82) is 0 Å². The van der Waals surface area contributed by atoms with Crippen LogP contribution in [0.25, 0.3) is 0 Å². The molecule has 0 radical (unpaired) electrons. The number of rotatable bonds is 8. The molecule has 0 aliphatic heterocycles. The third-order valence-corrected chi connectivity index (χ3v) is 13.4. The van der Waals surface area contributed by atoms with Gasteiger partial charge in [0.15, 0.2) is 0 Å². The Morgan fingerprint density at radius 3 is 0.839 bits per heavy atom. The summed E-state index contributed by atoms with van der Waals surface area (Å²) in [5, 5.41) is 5.53. The molecule has 0 unspecified atom stereocenters. The van der Waals surface area contributed by atoms with E-state index in [0.717, 1.165) is 18.7 Å². The van der Waals surface area contributed by atoms with E-state index in [9.17, 15) is 0 Å². The molecule has 0 spiro atoms. The quantitative estimate of drug-likeness (QED) is 0.314. The van der Waals surface area contributed by atoms with E-state index in [1.807, 2.05) is 0 Å². The zero-order valence-corrected chi connectivity index (χ0v) is 19.8. The van der Waals surface area contributed by atoms with E-state index in [4.69, 9.17) is 12.6 Å². The lowest BCUT2D eigenvalue weighted by Gasteiger charge is -2.30. The predicted octanol–water partition coefficient (Wildman–Crippen LogP) is 5.58. The summed E-state index contributed by atoms with van der Waals surface area (Å²) < 4.78 is 0. The minimum Gasteiger partial charge on any atom is -0.0926 e. The van der Waals surface area contributed by atoms with E-state index in [2.05, 4.69) is 121 Å². The van der Waals surface area contributed by atoms with Crippen LogP contribution >= 0.6 is 13.8 Å². The van der Waals surface area contributed by atoms with Gasteiger partial charge in [-0.05, 0) is 40.0 Å². The van der Waals surface area contributed by atoms with E-state index < -0.39 is 13.8 Å². The van der Waals surface area contributed by atoms with E-state index >= 15 is 0 Å². The zero-order valence-electron chi connectivity index (χ0n) is 18.0. The first kappa shape index (κ1) is 21.7. The van der Waals surface area contributed by atoms with Gasteiger partial charge in [-0.2, -0.15) is 0 Å². The van der Waals surface area contributed by atoms with Gasteiger partial charge in [0.05, 0.1) is 0 Å². The molecule has 0 atom stereocenters. The van der Waals surface area contributed by atoms with E-state index in [1.54, 1.807) is 0 Å². The van der Waals surface area contributed by atoms with Gasteiger partial charge in [-0.15, -0.1) is 0 Å². The van der Waals surface area contributed by atoms with Crippen LogP contribution in [0.1, 0.15) is 6.42 Å². The molecular weight excluding hydrogens is 410 g/mol. The Hall–Kier alpha value is -2.52. The molecule has 0 fully saturated rings. The van der Waals surface area contributed by atoms with Crippen molar-refractivity contribution < 1.29 is 0 Å². The number of benzene rings is 4. The standard InChI is InChI=1S/C29H30P2/c1-30(26-16-7-3-8-17-26,27-18-9-4-10-19-27)24-15-25-31(2,28-20-11-5-12-21-28)29-22-13-6-14-23-29/h3-14,16-23H,1-2,15,24-25H2. The zero-order chi connectivity index (χ0) is 21.6. The smallest absolute Gasteiger partial charge is 0.0208 e. The minimum absolute atomic E-state index is 1.10. The average Bonchev–Trinajstić information content (AvgIpc) is 2.86. The third-order valence-electron chi connectivity index (χ3n) is 6.08. The maximum absolute atomic E-state index is 4.88. The number of hydrogen-bond donors (Lipinski definition) is 0. The van der Waals surface area contributed by atoms with Crippen LogP contribution in [0.5, 0.6) is 0 Å². The SMILES string of the molecule is C=P(CCCP(=C)(c1ccccc1)c1ccccc1)(c1ccccc1)c1ccccc1. The van der Waals surface area contributed by atoms with Gasteiger partial charge in [-0.3, -0.25) is 0 Å². The van der Waals surface area contributed by atoms with Crippen molar-refractivity contribution in [2.45, 2.75) is 6.42 Å². The van der Waals surface area contributed by atoms with Crippen LogP contribution in [-0.2, 0) is 0 Å². The van der Waals surface area contributed by atoms with Crippen molar-refractivity contribution in [3.05, 3.63) is 121 Å². The average molecular weight is 441 g/mol. The van der Waals surface area contributed by atoms with Crippen molar-refractivity contribution in [3.8, 4) is 0 Å². The maximum Gasteiger partial charge on any atom is -0.0208 e. The highest BCUT2D eigenvalue weighted by molar-refractivity contribution is 7.88. The molecule has 4 aromatic rings. The Balaban J connectivity index is 1.66. The molecule has 0 aromatic heterocycles. The molecule has 0 N–H and O–H groups in total. The Morgan fingerprint density at radius 2 is 0.613 bits per heavy atom. The lowest BCUT2D eigenvalue weighted by Crippen LogP contribution is -2.22. The molecule has 0 saturated carbocycles. The van der Waals surface area contributed by atoms with Crippen LogP contribution in [0.3, 0.4) is 0 Å². The largest absolute Gasteiger partial charge is 0.0926 e. The topological polar surface area (TPSA) is 0 Å². The molecule has 156 valence electrons. The van der Waals surface area contributed by atoms with Crippen molar-refractivity contribution in [2.75, 3.05) is 12.3 Å². The molecule has 4 aromatic carbocycles. The first-order chi connectivity index (χ1) is 15.1. The van der Waals surface area contributed by atoms with Gasteiger partial charge in [0.2, 0.25) is 0 Å². The maximum atomic E-state index is 4.88. The molecule has 0 aliphatic carbocycles. The van der Waals surface area contributed by atoms with E-state index in [-0.39, 0.29) is 0 Å². The summed E-state index contributed by atoms with van der Waals surface area (Å²) in [6.07, 6.45) is 13.1. The molecule has 4 rings (SSSR count). The first-order valence-corrected chi connectivity index (χ1v) is 15.1. The summed E-state index contributed by atoms with van der Waals surface area (Å²) >= 11 is 0. The fourth-order valence-electron chi connectivity index (χ4n) is 4.28. The van der Waals surface area contributed by atoms with Crippen LogP contribution in [0.15, 0.2) is 121 Å². The summed E-state index contributed by atoms with van der Waals surface area (Å²) in [7, 11) is 0. The van der Waals surface area contributed by atoms with Crippen molar-refractivity contribution in [2.24, 2.45) is 0 Å². The summed E-state index contributed by atoms with van der Waals surface area (Å²) in [5.41, 5.74) is 0. The highest BCUT2D eigenvalue weighted by Gasteiger charge is 2.23. The van der Waals surface area contributed by atoms with Gasteiger partial charge in [0, 0.05) is 0 Å². The normalized spacial score (nSPS) is 11.9. The first-order valence-electron chi connectivity index (χ1n) is 10.8. The Labute approximate surface area is 187 Å². The van der Waals surface area contributed by atoms with Crippen molar-refractivity contribution in [3.63, 3.8) is 0 Å². The monoisotopic (exact) mass is 440 g/mol. The molecule has 0 saturated heterocycles. The Morgan fingerprint density at radius 1 is 0.387 bits per heavy atom. The van der Waals surface area contributed by atoms with E-state index in [0.29, 0.717) is 0 Å². The summed E-state index contributed by atoms with van der Waals surface area (Å²) in [5.74, 6) is 0. The second-order valence-electron chi connectivity index (χ2n) is 8.08. The molecular formula is C29H30P2. The number of hydrogen-bond acceptors (Lipinski definition) is 0. The van der Waals surface area contributed by atoms with E-state index in [1.165, 1.54) is 21.2 Å². The Kier molecular flexibility index (Phi) is 6.82. The minimum atomic E-state index is -1.70. The highest BCUT2D eigenvalue weighted by Crippen LogP contribution is 2.48. The lowest BCUT2D eigenvalue weighted by atomic mass is 10.4. The van der Waals surface area contributed by atoms with Gasteiger partial charge in [-0.1, -0.05) is 148 Å². The Bertz CT molecular complexity index is 997. The molecule has 0 nitrogen and oxygen atoms in total. The van der Waals surface area contributed by atoms with Gasteiger partial charge in [0.25, 0.3) is 0 Å². The summed E-state index contributed by atoms with van der Waals surface area (Å²) in [6, 6.07) is 43.6. The molecule has 2 heteroatoms. The molecule has 0 aliphatic rings. The third kappa shape index (κ3) is 4.72. The molecule has 0 bridgehead atoms. The highest BCUT2D eigenvalue weighted by atomic mass is 31.2. The second kappa shape index (κ2) is 9.74. The predicted molar refractivity (Wildman–Crippen MR) is 147 cm³/mol. The van der Waals surface area contributed by atoms with Crippen LogP contribution < -0.4 is 21.2 Å². The van der Waals surface area contributed by atoms with Crippen LogP contribution in [0.4, 0.5) is 0 Å². The molecule has 31 heavy (non-hydrogen) atoms. The summed E-state index contributed by atoms with van der Waals surface area (Å²) in [6.45, 7) is -3.41. The van der Waals surface area contributed by atoms with Crippen molar-refractivity contribution in [1.82, 2.24) is 0 Å². The lowest BCUT2D eigenvalue weighted by molar-refractivity contribution is 1.11. The van der Waals surface area contributed by atoms with Crippen LogP contribution in [0, 0.1) is 0 Å². The van der Waals surface area contributed by atoms with Gasteiger partial charge < -0.3 is 0 Å². The van der Waals surface area contributed by atoms with Crippen LogP contribution in [-0.4, -0.2) is 24.9 Å². The van der Waals surface area contributed by atoms with Gasteiger partial charge in [-0.25, -0.2) is 0 Å². The second-order valence-corrected chi connectivity index (χ2v) is 14.9. The fraction of sp³-hybridized carbons (Fsp3) is 0.103. The van der Waals surface area contributed by atoms with Gasteiger partial charge in [0.1, 0.15) is 0 Å². The summed E-state index contributed by atoms with van der Waals surface area (Å²) in [4.78, 5) is 0.